The minimum atomic E-state index is 0.112. The Balaban J connectivity index is 2.06. The predicted octanol–water partition coefficient (Wildman–Crippen LogP) is 4.53. The van der Waals surface area contributed by atoms with Gasteiger partial charge in [0.2, 0.25) is 0 Å². The van der Waals surface area contributed by atoms with Crippen LogP contribution < -0.4 is 5.73 Å². The molecule has 0 saturated carbocycles. The maximum absolute atomic E-state index is 6.18. The third-order valence-corrected chi connectivity index (χ3v) is 4.35. The van der Waals surface area contributed by atoms with Crippen LogP contribution in [-0.2, 0) is 0 Å². The van der Waals surface area contributed by atoms with E-state index in [1.807, 2.05) is 24.3 Å². The molecule has 18 heavy (non-hydrogen) atoms. The van der Waals surface area contributed by atoms with Crippen LogP contribution in [-0.4, -0.2) is 0 Å². The van der Waals surface area contributed by atoms with E-state index < -0.39 is 0 Å². The number of hydrogen-bond donors (Lipinski definition) is 1. The van der Waals surface area contributed by atoms with Crippen molar-refractivity contribution in [2.24, 2.45) is 5.73 Å². The van der Waals surface area contributed by atoms with Crippen LogP contribution in [0.4, 0.5) is 0 Å². The van der Waals surface area contributed by atoms with E-state index >= 15 is 0 Å². The zero-order valence-electron chi connectivity index (χ0n) is 9.74. The van der Waals surface area contributed by atoms with Gasteiger partial charge in [-0.1, -0.05) is 53.5 Å². The van der Waals surface area contributed by atoms with Gasteiger partial charge in [0.15, 0.2) is 0 Å². The van der Waals surface area contributed by atoms with Crippen LogP contribution in [0, 0.1) is 0 Å². The Kier molecular flexibility index (Phi) is 3.06. The molecule has 3 heteroatoms. The van der Waals surface area contributed by atoms with Crippen LogP contribution >= 0.6 is 23.2 Å². The lowest BCUT2D eigenvalue weighted by atomic mass is 9.93. The molecule has 3 rings (SSSR count). The lowest BCUT2D eigenvalue weighted by Gasteiger charge is -2.12. The summed E-state index contributed by atoms with van der Waals surface area (Å²) >= 11 is 12.1. The highest BCUT2D eigenvalue weighted by molar-refractivity contribution is 6.42. The first kappa shape index (κ1) is 12.0. The first-order valence-corrected chi connectivity index (χ1v) is 6.72. The van der Waals surface area contributed by atoms with Crippen LogP contribution in [0.2, 0.25) is 10.0 Å². The second-order valence-electron chi connectivity index (χ2n) is 4.70. The van der Waals surface area contributed by atoms with E-state index in [2.05, 4.69) is 18.2 Å². The van der Waals surface area contributed by atoms with Crippen LogP contribution in [0.3, 0.4) is 0 Å². The lowest BCUT2D eigenvalue weighted by molar-refractivity contribution is 0.662. The summed E-state index contributed by atoms with van der Waals surface area (Å²) in [4.78, 5) is 0. The minimum Gasteiger partial charge on any atom is -0.324 e. The quantitative estimate of drug-likeness (QED) is 0.814. The molecule has 2 N–H and O–H groups in total. The molecule has 0 heterocycles. The van der Waals surface area contributed by atoms with Gasteiger partial charge in [0, 0.05) is 12.0 Å². The van der Waals surface area contributed by atoms with Crippen molar-refractivity contribution >= 4 is 23.2 Å². The van der Waals surface area contributed by atoms with Gasteiger partial charge in [-0.3, -0.25) is 0 Å². The second-order valence-corrected chi connectivity index (χ2v) is 5.51. The standard InChI is InChI=1S/C15H13Cl2N/c16-13-6-5-9(7-14(13)17)12-8-15(18)11-4-2-1-3-10(11)12/h1-7,12,15H,8,18H2/t12?,15-/m0/s1. The molecule has 0 radical (unpaired) electrons. The monoisotopic (exact) mass is 277 g/mol. The molecular formula is C15H13Cl2N. The van der Waals surface area contributed by atoms with Crippen molar-refractivity contribution in [3.8, 4) is 0 Å². The van der Waals surface area contributed by atoms with Gasteiger partial charge in [-0.15, -0.1) is 0 Å². The van der Waals surface area contributed by atoms with Gasteiger partial charge < -0.3 is 5.73 Å². The lowest BCUT2D eigenvalue weighted by Crippen LogP contribution is -2.05. The smallest absolute Gasteiger partial charge is 0.0595 e. The molecule has 0 aromatic heterocycles. The predicted molar refractivity (Wildman–Crippen MR) is 76.3 cm³/mol. The van der Waals surface area contributed by atoms with E-state index in [9.17, 15) is 0 Å². The van der Waals surface area contributed by atoms with Gasteiger partial charge in [0.1, 0.15) is 0 Å². The summed E-state index contributed by atoms with van der Waals surface area (Å²) in [5, 5.41) is 1.20. The first-order valence-electron chi connectivity index (χ1n) is 5.96. The van der Waals surface area contributed by atoms with Crippen molar-refractivity contribution in [3.63, 3.8) is 0 Å². The number of halogens is 2. The molecule has 0 fully saturated rings. The van der Waals surface area contributed by atoms with E-state index in [1.54, 1.807) is 0 Å². The number of nitrogens with two attached hydrogens (primary N) is 1. The van der Waals surface area contributed by atoms with Crippen molar-refractivity contribution in [2.75, 3.05) is 0 Å². The third-order valence-electron chi connectivity index (χ3n) is 3.61. The molecule has 0 saturated heterocycles. The van der Waals surface area contributed by atoms with Crippen LogP contribution in [0.15, 0.2) is 42.5 Å². The first-order chi connectivity index (χ1) is 8.66. The molecule has 92 valence electrons. The largest absolute Gasteiger partial charge is 0.324 e. The van der Waals surface area contributed by atoms with Gasteiger partial charge in [0.25, 0.3) is 0 Å². The second kappa shape index (κ2) is 4.58. The molecule has 1 aliphatic carbocycles. The number of fused-ring (bicyclic) bond motifs is 1. The van der Waals surface area contributed by atoms with Crippen molar-refractivity contribution in [3.05, 3.63) is 69.2 Å². The van der Waals surface area contributed by atoms with Gasteiger partial charge in [-0.05, 0) is 35.2 Å². The summed E-state index contributed by atoms with van der Waals surface area (Å²) < 4.78 is 0. The molecule has 1 unspecified atom stereocenters. The highest BCUT2D eigenvalue weighted by Gasteiger charge is 2.29. The average Bonchev–Trinajstić information content (AvgIpc) is 2.71. The normalized spacial score (nSPS) is 21.9. The summed E-state index contributed by atoms with van der Waals surface area (Å²) in [6.07, 6.45) is 0.928. The van der Waals surface area contributed by atoms with E-state index in [0.717, 1.165) is 6.42 Å². The van der Waals surface area contributed by atoms with Crippen molar-refractivity contribution < 1.29 is 0 Å². The third kappa shape index (κ3) is 1.93. The summed E-state index contributed by atoms with van der Waals surface area (Å²) in [5.41, 5.74) is 9.92. The Hall–Kier alpha value is -1.02. The average molecular weight is 278 g/mol. The Bertz CT molecular complexity index is 595. The molecule has 2 aromatic rings. The zero-order chi connectivity index (χ0) is 12.7. The SMILES string of the molecule is N[C@H]1CC(c2ccc(Cl)c(Cl)c2)c2ccccc21. The van der Waals surface area contributed by atoms with Crippen LogP contribution in [0.5, 0.6) is 0 Å². The van der Waals surface area contributed by atoms with E-state index in [4.69, 9.17) is 28.9 Å². The highest BCUT2D eigenvalue weighted by atomic mass is 35.5. The zero-order valence-corrected chi connectivity index (χ0v) is 11.2. The fourth-order valence-corrected chi connectivity index (χ4v) is 3.03. The van der Waals surface area contributed by atoms with Gasteiger partial charge in [-0.2, -0.15) is 0 Å². The summed E-state index contributed by atoms with van der Waals surface area (Å²) in [5.74, 6) is 0.325. The van der Waals surface area contributed by atoms with Gasteiger partial charge in [0.05, 0.1) is 10.0 Å². The van der Waals surface area contributed by atoms with Crippen LogP contribution in [0.1, 0.15) is 35.1 Å². The van der Waals surface area contributed by atoms with E-state index in [-0.39, 0.29) is 6.04 Å². The van der Waals surface area contributed by atoms with Crippen molar-refractivity contribution in [1.29, 1.82) is 0 Å². The van der Waals surface area contributed by atoms with Gasteiger partial charge >= 0.3 is 0 Å². The molecular weight excluding hydrogens is 265 g/mol. The number of rotatable bonds is 1. The Morgan fingerprint density at radius 2 is 1.67 bits per heavy atom. The van der Waals surface area contributed by atoms with Crippen LogP contribution in [0.25, 0.3) is 0 Å². The topological polar surface area (TPSA) is 26.0 Å². The van der Waals surface area contributed by atoms with E-state index in [1.165, 1.54) is 16.7 Å². The summed E-state index contributed by atoms with van der Waals surface area (Å²) in [6.45, 7) is 0. The maximum Gasteiger partial charge on any atom is 0.0595 e. The maximum atomic E-state index is 6.18. The van der Waals surface area contributed by atoms with Crippen molar-refractivity contribution in [1.82, 2.24) is 0 Å². The highest BCUT2D eigenvalue weighted by Crippen LogP contribution is 2.43. The number of benzene rings is 2. The molecule has 0 aliphatic heterocycles. The fourth-order valence-electron chi connectivity index (χ4n) is 2.72. The summed E-state index contributed by atoms with van der Waals surface area (Å²) in [7, 11) is 0. The minimum absolute atomic E-state index is 0.112. The summed E-state index contributed by atoms with van der Waals surface area (Å²) in [6, 6.07) is 14.3. The number of hydrogen-bond acceptors (Lipinski definition) is 1. The van der Waals surface area contributed by atoms with Crippen molar-refractivity contribution in [2.45, 2.75) is 18.4 Å². The Morgan fingerprint density at radius 1 is 0.944 bits per heavy atom. The molecule has 1 aliphatic rings. The van der Waals surface area contributed by atoms with Gasteiger partial charge in [-0.25, -0.2) is 0 Å². The fraction of sp³-hybridized carbons (Fsp3) is 0.200. The Morgan fingerprint density at radius 3 is 2.39 bits per heavy atom. The molecule has 0 bridgehead atoms. The molecule has 0 spiro atoms. The molecule has 2 aromatic carbocycles. The molecule has 2 atom stereocenters. The molecule has 1 nitrogen and oxygen atoms in total. The Labute approximate surface area is 117 Å². The van der Waals surface area contributed by atoms with E-state index in [0.29, 0.717) is 16.0 Å². The molecule has 0 amide bonds.